The number of nitrogens with one attached hydrogen (secondary N) is 1. The van der Waals surface area contributed by atoms with Crippen molar-refractivity contribution in [2.75, 3.05) is 13.1 Å². The van der Waals surface area contributed by atoms with Crippen LogP contribution in [0.3, 0.4) is 0 Å². The maximum Gasteiger partial charge on any atom is 0.270 e. The molecule has 6 heteroatoms. The number of hydrogen-bond acceptors (Lipinski definition) is 4. The molecular weight excluding hydrogens is 295 g/mol. The Morgan fingerprint density at radius 2 is 1.96 bits per heavy atom. The SMILES string of the molecule is O=C(NC1CCN(Cc2ccc(F)cc2)CC1)c1ccncn1. The third-order valence-corrected chi connectivity index (χ3v) is 4.06. The predicted molar refractivity (Wildman–Crippen MR) is 84.2 cm³/mol. The molecule has 0 atom stereocenters. The van der Waals surface area contributed by atoms with Crippen LogP contribution in [0.2, 0.25) is 0 Å². The topological polar surface area (TPSA) is 58.1 Å². The fraction of sp³-hybridized carbons (Fsp3) is 0.353. The molecule has 3 rings (SSSR count). The number of carbonyl (C=O) groups is 1. The largest absolute Gasteiger partial charge is 0.348 e. The Kier molecular flexibility index (Phi) is 4.92. The van der Waals surface area contributed by atoms with Gasteiger partial charge < -0.3 is 5.32 Å². The summed E-state index contributed by atoms with van der Waals surface area (Å²) in [7, 11) is 0. The van der Waals surface area contributed by atoms with Gasteiger partial charge in [-0.15, -0.1) is 0 Å². The molecule has 0 spiro atoms. The Labute approximate surface area is 134 Å². The molecule has 0 radical (unpaired) electrons. The van der Waals surface area contributed by atoms with E-state index in [1.807, 2.05) is 12.1 Å². The minimum Gasteiger partial charge on any atom is -0.348 e. The van der Waals surface area contributed by atoms with Crippen molar-refractivity contribution < 1.29 is 9.18 Å². The average molecular weight is 314 g/mol. The Bertz CT molecular complexity index is 639. The maximum atomic E-state index is 12.9. The summed E-state index contributed by atoms with van der Waals surface area (Å²) in [6.07, 6.45) is 4.74. The van der Waals surface area contributed by atoms with Gasteiger partial charge in [-0.1, -0.05) is 12.1 Å². The number of rotatable bonds is 4. The standard InChI is InChI=1S/C17H19FN4O/c18-14-3-1-13(2-4-14)11-22-9-6-15(7-10-22)21-17(23)16-5-8-19-12-20-16/h1-5,8,12,15H,6-7,9-11H2,(H,21,23). The van der Waals surface area contributed by atoms with Crippen molar-refractivity contribution >= 4 is 5.91 Å². The zero-order valence-electron chi connectivity index (χ0n) is 12.8. The van der Waals surface area contributed by atoms with Crippen LogP contribution in [0.5, 0.6) is 0 Å². The summed E-state index contributed by atoms with van der Waals surface area (Å²) in [6, 6.07) is 8.39. The molecule has 2 heterocycles. The molecule has 1 aliphatic heterocycles. The summed E-state index contributed by atoms with van der Waals surface area (Å²) >= 11 is 0. The van der Waals surface area contributed by atoms with Gasteiger partial charge in [-0.3, -0.25) is 9.69 Å². The van der Waals surface area contributed by atoms with Crippen molar-refractivity contribution in [3.63, 3.8) is 0 Å². The number of likely N-dealkylation sites (tertiary alicyclic amines) is 1. The molecule has 0 saturated carbocycles. The minimum absolute atomic E-state index is 0.149. The fourth-order valence-electron chi connectivity index (χ4n) is 2.77. The normalized spacial score (nSPS) is 16.2. The van der Waals surface area contributed by atoms with Crippen LogP contribution in [-0.2, 0) is 6.54 Å². The Morgan fingerprint density at radius 3 is 2.61 bits per heavy atom. The lowest BCUT2D eigenvalue weighted by atomic mass is 10.0. The van der Waals surface area contributed by atoms with Crippen LogP contribution in [0, 0.1) is 5.82 Å². The molecule has 1 aliphatic rings. The highest BCUT2D eigenvalue weighted by Gasteiger charge is 2.21. The van der Waals surface area contributed by atoms with Crippen LogP contribution in [0.1, 0.15) is 28.9 Å². The van der Waals surface area contributed by atoms with Crippen molar-refractivity contribution in [3.05, 3.63) is 59.9 Å². The Morgan fingerprint density at radius 1 is 1.22 bits per heavy atom. The maximum absolute atomic E-state index is 12.9. The monoisotopic (exact) mass is 314 g/mol. The first-order valence-electron chi connectivity index (χ1n) is 7.74. The summed E-state index contributed by atoms with van der Waals surface area (Å²) in [5.74, 6) is -0.357. The Hall–Kier alpha value is -2.34. The third-order valence-electron chi connectivity index (χ3n) is 4.06. The van der Waals surface area contributed by atoms with E-state index in [9.17, 15) is 9.18 Å². The number of hydrogen-bond donors (Lipinski definition) is 1. The highest BCUT2D eigenvalue weighted by Crippen LogP contribution is 2.14. The molecule has 5 nitrogen and oxygen atoms in total. The molecular formula is C17H19FN4O. The van der Waals surface area contributed by atoms with Gasteiger partial charge in [-0.2, -0.15) is 0 Å². The second kappa shape index (κ2) is 7.28. The van der Waals surface area contributed by atoms with Gasteiger partial charge in [-0.25, -0.2) is 14.4 Å². The first-order chi connectivity index (χ1) is 11.2. The molecule has 0 unspecified atom stereocenters. The van der Waals surface area contributed by atoms with E-state index >= 15 is 0 Å². The van der Waals surface area contributed by atoms with Crippen LogP contribution < -0.4 is 5.32 Å². The molecule has 0 aliphatic carbocycles. The van der Waals surface area contributed by atoms with Gasteiger partial charge in [-0.05, 0) is 36.6 Å². The number of aromatic nitrogens is 2. The molecule has 0 bridgehead atoms. The molecule has 1 aromatic heterocycles. The molecule has 120 valence electrons. The zero-order valence-corrected chi connectivity index (χ0v) is 12.8. The molecule has 1 fully saturated rings. The number of halogens is 1. The lowest BCUT2D eigenvalue weighted by molar-refractivity contribution is 0.0903. The second-order valence-corrected chi connectivity index (χ2v) is 5.74. The number of nitrogens with zero attached hydrogens (tertiary/aromatic N) is 3. The summed E-state index contributed by atoms with van der Waals surface area (Å²) in [5, 5.41) is 3.02. The van der Waals surface area contributed by atoms with Crippen LogP contribution in [0.25, 0.3) is 0 Å². The van der Waals surface area contributed by atoms with E-state index in [0.717, 1.165) is 38.0 Å². The summed E-state index contributed by atoms with van der Waals surface area (Å²) in [6.45, 7) is 2.63. The van der Waals surface area contributed by atoms with Gasteiger partial charge in [0, 0.05) is 31.9 Å². The molecule has 1 amide bonds. The highest BCUT2D eigenvalue weighted by molar-refractivity contribution is 5.92. The van der Waals surface area contributed by atoms with Crippen LogP contribution in [0.15, 0.2) is 42.9 Å². The number of amides is 1. The molecule has 1 aromatic carbocycles. The van der Waals surface area contributed by atoms with Crippen LogP contribution in [-0.4, -0.2) is 39.9 Å². The van der Waals surface area contributed by atoms with Crippen LogP contribution >= 0.6 is 0 Å². The number of benzene rings is 1. The second-order valence-electron chi connectivity index (χ2n) is 5.74. The lowest BCUT2D eigenvalue weighted by Crippen LogP contribution is -2.44. The smallest absolute Gasteiger partial charge is 0.270 e. The van der Waals surface area contributed by atoms with E-state index in [2.05, 4.69) is 20.2 Å². The van der Waals surface area contributed by atoms with E-state index in [4.69, 9.17) is 0 Å². The van der Waals surface area contributed by atoms with E-state index < -0.39 is 0 Å². The predicted octanol–water partition coefficient (Wildman–Crippen LogP) is 2.01. The van der Waals surface area contributed by atoms with E-state index in [1.165, 1.54) is 18.5 Å². The first-order valence-corrected chi connectivity index (χ1v) is 7.74. The van der Waals surface area contributed by atoms with Gasteiger partial charge in [0.1, 0.15) is 17.8 Å². The third kappa shape index (κ3) is 4.32. The van der Waals surface area contributed by atoms with E-state index in [1.54, 1.807) is 12.3 Å². The first kappa shape index (κ1) is 15.6. The number of carbonyl (C=O) groups excluding carboxylic acids is 1. The Balaban J connectivity index is 1.47. The van der Waals surface area contributed by atoms with Gasteiger partial charge in [0.05, 0.1) is 0 Å². The number of piperidine rings is 1. The van der Waals surface area contributed by atoms with Crippen molar-refractivity contribution in [1.29, 1.82) is 0 Å². The average Bonchev–Trinajstić information content (AvgIpc) is 2.59. The molecule has 2 aromatic rings. The summed E-state index contributed by atoms with van der Waals surface area (Å²) < 4.78 is 12.9. The van der Waals surface area contributed by atoms with Gasteiger partial charge >= 0.3 is 0 Å². The van der Waals surface area contributed by atoms with Gasteiger partial charge in [0.2, 0.25) is 0 Å². The van der Waals surface area contributed by atoms with Crippen molar-refractivity contribution in [3.8, 4) is 0 Å². The van der Waals surface area contributed by atoms with Crippen molar-refractivity contribution in [2.45, 2.75) is 25.4 Å². The van der Waals surface area contributed by atoms with Gasteiger partial charge in [0.25, 0.3) is 5.91 Å². The molecule has 1 N–H and O–H groups in total. The summed E-state index contributed by atoms with van der Waals surface area (Å²) in [4.78, 5) is 22.2. The van der Waals surface area contributed by atoms with Crippen LogP contribution in [0.4, 0.5) is 4.39 Å². The quantitative estimate of drug-likeness (QED) is 0.938. The zero-order chi connectivity index (χ0) is 16.1. The van der Waals surface area contributed by atoms with Crippen molar-refractivity contribution in [2.24, 2.45) is 0 Å². The lowest BCUT2D eigenvalue weighted by Gasteiger charge is -2.32. The van der Waals surface area contributed by atoms with E-state index in [0.29, 0.717) is 5.69 Å². The highest BCUT2D eigenvalue weighted by atomic mass is 19.1. The van der Waals surface area contributed by atoms with E-state index in [-0.39, 0.29) is 17.8 Å². The minimum atomic E-state index is -0.208. The molecule has 1 saturated heterocycles. The molecule has 23 heavy (non-hydrogen) atoms. The van der Waals surface area contributed by atoms with Crippen molar-refractivity contribution in [1.82, 2.24) is 20.2 Å². The fourth-order valence-corrected chi connectivity index (χ4v) is 2.77. The van der Waals surface area contributed by atoms with Gasteiger partial charge in [0.15, 0.2) is 0 Å². The summed E-state index contributed by atoms with van der Waals surface area (Å²) in [5.41, 5.74) is 1.50.